The van der Waals surface area contributed by atoms with Gasteiger partial charge in [-0.1, -0.05) is 0 Å². The first kappa shape index (κ1) is 15.9. The van der Waals surface area contributed by atoms with Crippen LogP contribution in [-0.2, 0) is 19.1 Å². The van der Waals surface area contributed by atoms with Gasteiger partial charge in [-0.25, -0.2) is 4.79 Å². The normalized spacial score (nSPS) is 18.9. The van der Waals surface area contributed by atoms with Crippen LogP contribution in [0.3, 0.4) is 0 Å². The van der Waals surface area contributed by atoms with Crippen LogP contribution in [0, 0.1) is 5.92 Å². The number of nitrogens with zero attached hydrogens (tertiary/aromatic N) is 1. The molecule has 1 atom stereocenters. The first-order chi connectivity index (χ1) is 9.06. The summed E-state index contributed by atoms with van der Waals surface area (Å²) in [6.07, 6.45) is 2.11. The minimum atomic E-state index is -0.582. The molecule has 0 aromatic heterocycles. The van der Waals surface area contributed by atoms with Gasteiger partial charge in [0.25, 0.3) is 0 Å². The van der Waals surface area contributed by atoms with Gasteiger partial charge in [0.1, 0.15) is 6.04 Å². The first-order valence-corrected chi connectivity index (χ1v) is 6.63. The highest BCUT2D eigenvalue weighted by Gasteiger charge is 2.26. The highest BCUT2D eigenvalue weighted by molar-refractivity contribution is 5.83. The summed E-state index contributed by atoms with van der Waals surface area (Å²) < 4.78 is 9.87. The van der Waals surface area contributed by atoms with E-state index in [1.165, 1.54) is 14.0 Å². The van der Waals surface area contributed by atoms with Crippen molar-refractivity contribution in [3.05, 3.63) is 0 Å². The summed E-state index contributed by atoms with van der Waals surface area (Å²) in [6.45, 7) is 4.54. The number of carbonyl (C=O) groups excluding carboxylic acids is 2. The minimum absolute atomic E-state index is 0.218. The quantitative estimate of drug-likeness (QED) is 0.691. The molecule has 0 spiro atoms. The maximum Gasteiger partial charge on any atom is 0.329 e. The average Bonchev–Trinajstić information content (AvgIpc) is 2.39. The van der Waals surface area contributed by atoms with E-state index in [2.05, 4.69) is 10.2 Å². The molecule has 0 aromatic rings. The van der Waals surface area contributed by atoms with Crippen molar-refractivity contribution in [1.29, 1.82) is 0 Å². The molecule has 1 heterocycles. The van der Waals surface area contributed by atoms with E-state index in [9.17, 15) is 9.59 Å². The lowest BCUT2D eigenvalue weighted by molar-refractivity contribution is -0.145. The molecular formula is C13H24N2O4. The van der Waals surface area contributed by atoms with E-state index in [0.717, 1.165) is 32.5 Å². The largest absolute Gasteiger partial charge is 0.467 e. The summed E-state index contributed by atoms with van der Waals surface area (Å²) in [5, 5.41) is 2.63. The second-order valence-corrected chi connectivity index (χ2v) is 4.98. The second kappa shape index (κ2) is 8.12. The van der Waals surface area contributed by atoms with Gasteiger partial charge in [0, 0.05) is 27.2 Å². The van der Waals surface area contributed by atoms with Crippen LogP contribution in [0.15, 0.2) is 0 Å². The lowest BCUT2D eigenvalue weighted by Crippen LogP contribution is -2.50. The van der Waals surface area contributed by atoms with Gasteiger partial charge in [-0.3, -0.25) is 4.79 Å². The van der Waals surface area contributed by atoms with E-state index in [-0.39, 0.29) is 5.91 Å². The molecular weight excluding hydrogens is 248 g/mol. The highest BCUT2D eigenvalue weighted by atomic mass is 16.5. The smallest absolute Gasteiger partial charge is 0.329 e. The van der Waals surface area contributed by atoms with E-state index in [1.807, 2.05) is 0 Å². The topological polar surface area (TPSA) is 67.9 Å². The Morgan fingerprint density at radius 2 is 1.95 bits per heavy atom. The fraction of sp³-hybridized carbons (Fsp3) is 0.846. The van der Waals surface area contributed by atoms with Gasteiger partial charge in [0.15, 0.2) is 0 Å². The molecule has 1 amide bonds. The number of nitrogens with one attached hydrogen (secondary N) is 1. The zero-order valence-corrected chi connectivity index (χ0v) is 12.0. The molecule has 6 nitrogen and oxygen atoms in total. The van der Waals surface area contributed by atoms with E-state index in [4.69, 9.17) is 9.47 Å². The second-order valence-electron chi connectivity index (χ2n) is 4.98. The van der Waals surface area contributed by atoms with Crippen LogP contribution in [0.2, 0.25) is 0 Å². The molecule has 1 fully saturated rings. The third-order valence-corrected chi connectivity index (χ3v) is 3.41. The molecule has 0 aromatic carbocycles. The maximum absolute atomic E-state index is 11.6. The lowest BCUT2D eigenvalue weighted by atomic mass is 9.97. The fourth-order valence-electron chi connectivity index (χ4n) is 2.40. The predicted molar refractivity (Wildman–Crippen MR) is 70.7 cm³/mol. The number of hydrogen-bond donors (Lipinski definition) is 1. The Labute approximate surface area is 114 Å². The Kier molecular flexibility index (Phi) is 6.80. The van der Waals surface area contributed by atoms with Crippen molar-refractivity contribution >= 4 is 11.9 Å². The summed E-state index contributed by atoms with van der Waals surface area (Å²) in [7, 11) is 3.05. The number of methoxy groups -OCH3 is 2. The van der Waals surface area contributed by atoms with Gasteiger partial charge in [-0.05, 0) is 31.8 Å². The lowest BCUT2D eigenvalue weighted by Gasteiger charge is -2.33. The van der Waals surface area contributed by atoms with E-state index >= 15 is 0 Å². The summed E-state index contributed by atoms with van der Waals surface area (Å²) in [5.74, 6) is -0.0162. The molecule has 1 aliphatic heterocycles. The highest BCUT2D eigenvalue weighted by Crippen LogP contribution is 2.17. The number of hydrogen-bond acceptors (Lipinski definition) is 5. The molecule has 6 heteroatoms. The fourth-order valence-corrected chi connectivity index (χ4v) is 2.40. The summed E-state index contributed by atoms with van der Waals surface area (Å²) in [6, 6.07) is -0.582. The Bertz CT molecular complexity index is 301. The predicted octanol–water partition coefficient (Wildman–Crippen LogP) is 0.0225. The van der Waals surface area contributed by atoms with Gasteiger partial charge in [-0.2, -0.15) is 0 Å². The van der Waals surface area contributed by atoms with Crippen LogP contribution < -0.4 is 5.32 Å². The van der Waals surface area contributed by atoms with Gasteiger partial charge in [0.05, 0.1) is 7.11 Å². The van der Waals surface area contributed by atoms with Crippen molar-refractivity contribution in [1.82, 2.24) is 10.2 Å². The molecule has 1 saturated heterocycles. The summed E-state index contributed by atoms with van der Waals surface area (Å²) in [4.78, 5) is 24.9. The monoisotopic (exact) mass is 272 g/mol. The van der Waals surface area contributed by atoms with Gasteiger partial charge < -0.3 is 19.7 Å². The van der Waals surface area contributed by atoms with Crippen molar-refractivity contribution < 1.29 is 19.1 Å². The summed E-state index contributed by atoms with van der Waals surface area (Å²) >= 11 is 0. The Hall–Kier alpha value is -1.14. The molecule has 0 saturated carbocycles. The minimum Gasteiger partial charge on any atom is -0.467 e. The van der Waals surface area contributed by atoms with Crippen LogP contribution in [0.25, 0.3) is 0 Å². The van der Waals surface area contributed by atoms with Crippen molar-refractivity contribution in [3.63, 3.8) is 0 Å². The van der Waals surface area contributed by atoms with Crippen LogP contribution in [-0.4, -0.2) is 63.3 Å². The van der Waals surface area contributed by atoms with Crippen LogP contribution >= 0.6 is 0 Å². The van der Waals surface area contributed by atoms with Crippen LogP contribution in [0.1, 0.15) is 19.8 Å². The molecule has 0 bridgehead atoms. The third-order valence-electron chi connectivity index (χ3n) is 3.41. The zero-order valence-electron chi connectivity index (χ0n) is 12.0. The molecule has 110 valence electrons. The van der Waals surface area contributed by atoms with Crippen molar-refractivity contribution in [2.24, 2.45) is 5.92 Å². The average molecular weight is 272 g/mol. The number of likely N-dealkylation sites (tertiary alicyclic amines) is 1. The first-order valence-electron chi connectivity index (χ1n) is 6.63. The number of rotatable bonds is 6. The molecule has 1 unspecified atom stereocenters. The number of piperidine rings is 1. The maximum atomic E-state index is 11.6. The Balaban J connectivity index is 2.43. The van der Waals surface area contributed by atoms with Gasteiger partial charge >= 0.3 is 5.97 Å². The number of ether oxygens (including phenoxy) is 2. The van der Waals surface area contributed by atoms with Crippen molar-refractivity contribution in [3.8, 4) is 0 Å². The number of carbonyl (C=O) groups is 2. The molecule has 0 aliphatic carbocycles. The van der Waals surface area contributed by atoms with Gasteiger partial charge in [0.2, 0.25) is 5.91 Å². The SMILES string of the molecule is COCC1CCN(CC(NC(C)=O)C(=O)OC)CC1. The molecule has 1 aliphatic rings. The van der Waals surface area contributed by atoms with Crippen molar-refractivity contribution in [2.75, 3.05) is 40.5 Å². The van der Waals surface area contributed by atoms with Gasteiger partial charge in [-0.15, -0.1) is 0 Å². The Morgan fingerprint density at radius 1 is 1.32 bits per heavy atom. The van der Waals surface area contributed by atoms with E-state index < -0.39 is 12.0 Å². The van der Waals surface area contributed by atoms with E-state index in [1.54, 1.807) is 7.11 Å². The van der Waals surface area contributed by atoms with Crippen molar-refractivity contribution in [2.45, 2.75) is 25.8 Å². The molecule has 0 radical (unpaired) electrons. The third kappa shape index (κ3) is 5.57. The molecule has 19 heavy (non-hydrogen) atoms. The zero-order chi connectivity index (χ0) is 14.3. The van der Waals surface area contributed by atoms with Crippen LogP contribution in [0.5, 0.6) is 0 Å². The van der Waals surface area contributed by atoms with Crippen LogP contribution in [0.4, 0.5) is 0 Å². The Morgan fingerprint density at radius 3 is 2.42 bits per heavy atom. The molecule has 1 rings (SSSR count). The number of amides is 1. The molecule has 1 N–H and O–H groups in total. The van der Waals surface area contributed by atoms with E-state index in [0.29, 0.717) is 12.5 Å². The standard InChI is InChI=1S/C13H24N2O4/c1-10(16)14-12(13(17)19-3)8-15-6-4-11(5-7-15)9-18-2/h11-12H,4-9H2,1-3H3,(H,14,16). The number of esters is 1. The summed E-state index contributed by atoms with van der Waals surface area (Å²) in [5.41, 5.74) is 0.